The molecule has 34 heavy (non-hydrogen) atoms. The van der Waals surface area contributed by atoms with Crippen molar-refractivity contribution in [2.75, 3.05) is 24.5 Å². The summed E-state index contributed by atoms with van der Waals surface area (Å²) < 4.78 is 11.1. The number of ether oxygens (including phenoxy) is 2. The molecule has 1 aliphatic rings. The van der Waals surface area contributed by atoms with Gasteiger partial charge in [0.05, 0.1) is 5.01 Å². The Balaban J connectivity index is 0.00000281. The van der Waals surface area contributed by atoms with E-state index in [1.165, 1.54) is 0 Å². The molecular formula is C26H45N3O4S. The zero-order valence-electron chi connectivity index (χ0n) is 23.1. The summed E-state index contributed by atoms with van der Waals surface area (Å²) in [5.74, 6) is 0.918. The van der Waals surface area contributed by atoms with Crippen molar-refractivity contribution in [2.24, 2.45) is 0 Å². The second-order valence-electron chi connectivity index (χ2n) is 10.5. The van der Waals surface area contributed by atoms with Gasteiger partial charge in [-0.3, -0.25) is 4.90 Å². The van der Waals surface area contributed by atoms with Crippen molar-refractivity contribution in [1.82, 2.24) is 9.88 Å². The van der Waals surface area contributed by atoms with E-state index < -0.39 is 17.3 Å². The number of carbonyl (C=O) groups excluding carboxylic acids is 2. The van der Waals surface area contributed by atoms with E-state index in [-0.39, 0.29) is 12.0 Å². The minimum Gasteiger partial charge on any atom is -0.444 e. The van der Waals surface area contributed by atoms with Crippen molar-refractivity contribution in [3.8, 4) is 0 Å². The zero-order chi connectivity index (χ0) is 26.3. The SMILES string of the molecule is CC.CC(C)=CCN(C(=O)OC(C)(C)C)c1nc(C2CCN(C(=O)OC(C)(C)C)CC2)sc1C. The lowest BCUT2D eigenvalue weighted by Crippen LogP contribution is -2.41. The average molecular weight is 496 g/mol. The third kappa shape index (κ3) is 9.65. The van der Waals surface area contributed by atoms with Crippen LogP contribution in [0.5, 0.6) is 0 Å². The standard InChI is InChI=1S/C24H39N3O4S.C2H6/c1-16(2)10-15-27(22(29)31-24(7,8)9)19-17(3)32-20(25-19)18-11-13-26(14-12-18)21(28)30-23(4,5)6;1-2/h10,18H,11-15H2,1-9H3;1-2H3. The third-order valence-corrected chi connectivity index (χ3v) is 5.96. The molecule has 0 aliphatic carbocycles. The van der Waals surface area contributed by atoms with Gasteiger partial charge in [0.2, 0.25) is 0 Å². The fourth-order valence-corrected chi connectivity index (χ4v) is 4.40. The fraction of sp³-hybridized carbons (Fsp3) is 0.731. The quantitative estimate of drug-likeness (QED) is 0.410. The zero-order valence-corrected chi connectivity index (χ0v) is 23.9. The second-order valence-corrected chi connectivity index (χ2v) is 11.8. The van der Waals surface area contributed by atoms with Crippen LogP contribution in [0.4, 0.5) is 15.4 Å². The van der Waals surface area contributed by atoms with Crippen LogP contribution < -0.4 is 4.90 Å². The van der Waals surface area contributed by atoms with Crippen LogP contribution in [0, 0.1) is 6.92 Å². The van der Waals surface area contributed by atoms with E-state index in [0.717, 1.165) is 28.3 Å². The summed E-state index contributed by atoms with van der Waals surface area (Å²) in [4.78, 5) is 34.5. The summed E-state index contributed by atoms with van der Waals surface area (Å²) in [5, 5.41) is 1.01. The van der Waals surface area contributed by atoms with Crippen LogP contribution in [-0.2, 0) is 9.47 Å². The van der Waals surface area contributed by atoms with Crippen LogP contribution in [-0.4, -0.2) is 52.9 Å². The van der Waals surface area contributed by atoms with Crippen molar-refractivity contribution < 1.29 is 19.1 Å². The van der Waals surface area contributed by atoms with Gasteiger partial charge in [0.15, 0.2) is 5.82 Å². The summed E-state index contributed by atoms with van der Waals surface area (Å²) in [6.07, 6.45) is 3.00. The Bertz CT molecular complexity index is 837. The number of piperidine rings is 1. The number of hydrogen-bond donors (Lipinski definition) is 0. The Labute approximate surface area is 210 Å². The van der Waals surface area contributed by atoms with Crippen LogP contribution >= 0.6 is 11.3 Å². The third-order valence-electron chi connectivity index (χ3n) is 4.84. The lowest BCUT2D eigenvalue weighted by molar-refractivity contribution is 0.0204. The van der Waals surface area contributed by atoms with Crippen molar-refractivity contribution in [3.63, 3.8) is 0 Å². The first kappa shape index (κ1) is 29.9. The molecule has 0 atom stereocenters. The first-order valence-corrected chi connectivity index (χ1v) is 13.1. The monoisotopic (exact) mass is 495 g/mol. The average Bonchev–Trinajstić information content (AvgIpc) is 3.08. The predicted octanol–water partition coefficient (Wildman–Crippen LogP) is 7.30. The molecule has 0 unspecified atom stereocenters. The van der Waals surface area contributed by atoms with Crippen LogP contribution in [0.3, 0.4) is 0 Å². The maximum absolute atomic E-state index is 12.9. The van der Waals surface area contributed by atoms with Crippen LogP contribution in [0.1, 0.15) is 97.9 Å². The number of allylic oxidation sites excluding steroid dienone is 1. The molecule has 0 saturated carbocycles. The Hall–Kier alpha value is -2.09. The lowest BCUT2D eigenvalue weighted by Gasteiger charge is -2.32. The number of anilines is 1. The molecular weight excluding hydrogens is 450 g/mol. The van der Waals surface area contributed by atoms with Gasteiger partial charge in [0, 0.05) is 30.4 Å². The summed E-state index contributed by atoms with van der Waals surface area (Å²) in [5.41, 5.74) is 0.0499. The minimum absolute atomic E-state index is 0.259. The summed E-state index contributed by atoms with van der Waals surface area (Å²) >= 11 is 1.62. The topological polar surface area (TPSA) is 72.0 Å². The molecule has 2 rings (SSSR count). The normalized spacial score (nSPS) is 14.6. The van der Waals surface area contributed by atoms with Gasteiger partial charge in [-0.05, 0) is 75.2 Å². The highest BCUT2D eigenvalue weighted by atomic mass is 32.1. The molecule has 1 fully saturated rings. The minimum atomic E-state index is -0.582. The predicted molar refractivity (Wildman–Crippen MR) is 141 cm³/mol. The smallest absolute Gasteiger partial charge is 0.416 e. The summed E-state index contributed by atoms with van der Waals surface area (Å²) in [6, 6.07) is 0. The maximum atomic E-state index is 12.9. The van der Waals surface area contributed by atoms with Gasteiger partial charge in [-0.15, -0.1) is 11.3 Å². The first-order valence-electron chi connectivity index (χ1n) is 12.3. The molecule has 0 aromatic carbocycles. The van der Waals surface area contributed by atoms with Crippen molar-refractivity contribution in [3.05, 3.63) is 21.5 Å². The Kier molecular flexibility index (Phi) is 11.1. The summed E-state index contributed by atoms with van der Waals surface area (Å²) in [6.45, 7) is 22.9. The van der Waals surface area contributed by atoms with Gasteiger partial charge in [-0.2, -0.15) is 0 Å². The highest BCUT2D eigenvalue weighted by molar-refractivity contribution is 7.12. The number of aromatic nitrogens is 1. The number of aryl methyl sites for hydroxylation is 1. The van der Waals surface area contributed by atoms with Crippen LogP contribution in [0.15, 0.2) is 11.6 Å². The number of thiazole rings is 1. The molecule has 8 heteroatoms. The Morgan fingerprint density at radius 1 is 1.06 bits per heavy atom. The van der Waals surface area contributed by atoms with E-state index >= 15 is 0 Å². The van der Waals surface area contributed by atoms with E-state index in [4.69, 9.17) is 14.5 Å². The van der Waals surface area contributed by atoms with Crippen molar-refractivity contribution in [1.29, 1.82) is 0 Å². The number of nitrogens with zero attached hydrogens (tertiary/aromatic N) is 3. The van der Waals surface area contributed by atoms with Gasteiger partial charge >= 0.3 is 12.2 Å². The molecule has 1 aromatic rings. The molecule has 2 heterocycles. The number of amides is 2. The van der Waals surface area contributed by atoms with E-state index in [0.29, 0.717) is 25.5 Å². The van der Waals surface area contributed by atoms with Crippen LogP contribution in [0.25, 0.3) is 0 Å². The number of rotatable bonds is 4. The highest BCUT2D eigenvalue weighted by Gasteiger charge is 2.31. The largest absolute Gasteiger partial charge is 0.444 e. The van der Waals surface area contributed by atoms with Gasteiger partial charge in [0.1, 0.15) is 11.2 Å². The van der Waals surface area contributed by atoms with Gasteiger partial charge in [0.25, 0.3) is 0 Å². The van der Waals surface area contributed by atoms with Gasteiger partial charge in [-0.25, -0.2) is 14.6 Å². The molecule has 0 spiro atoms. The molecule has 0 bridgehead atoms. The maximum Gasteiger partial charge on any atom is 0.416 e. The Morgan fingerprint density at radius 2 is 1.59 bits per heavy atom. The number of carbonyl (C=O) groups is 2. The van der Waals surface area contributed by atoms with Crippen molar-refractivity contribution >= 4 is 29.3 Å². The first-order chi connectivity index (χ1) is 15.7. The van der Waals surface area contributed by atoms with E-state index in [2.05, 4.69) is 0 Å². The fourth-order valence-electron chi connectivity index (χ4n) is 3.31. The molecule has 7 nitrogen and oxygen atoms in total. The van der Waals surface area contributed by atoms with Crippen LogP contribution in [0.2, 0.25) is 0 Å². The second kappa shape index (κ2) is 12.6. The molecule has 1 aromatic heterocycles. The molecule has 1 saturated heterocycles. The van der Waals surface area contributed by atoms with E-state index in [9.17, 15) is 9.59 Å². The lowest BCUT2D eigenvalue weighted by atomic mass is 9.98. The highest BCUT2D eigenvalue weighted by Crippen LogP contribution is 2.36. The molecule has 2 amide bonds. The number of likely N-dealkylation sites (tertiary alicyclic amines) is 1. The molecule has 194 valence electrons. The molecule has 0 radical (unpaired) electrons. The molecule has 0 N–H and O–H groups in total. The number of hydrogen-bond acceptors (Lipinski definition) is 6. The molecule has 1 aliphatic heterocycles. The van der Waals surface area contributed by atoms with E-state index in [1.807, 2.05) is 82.2 Å². The Morgan fingerprint density at radius 3 is 2.06 bits per heavy atom. The van der Waals surface area contributed by atoms with E-state index in [1.54, 1.807) is 21.1 Å². The summed E-state index contributed by atoms with van der Waals surface area (Å²) in [7, 11) is 0. The van der Waals surface area contributed by atoms with Gasteiger partial charge in [-0.1, -0.05) is 25.5 Å². The van der Waals surface area contributed by atoms with Gasteiger partial charge < -0.3 is 14.4 Å². The van der Waals surface area contributed by atoms with Crippen molar-refractivity contribution in [2.45, 2.75) is 106 Å².